The molecule has 0 aliphatic rings. The van der Waals surface area contributed by atoms with Crippen molar-refractivity contribution in [2.24, 2.45) is 5.92 Å². The highest BCUT2D eigenvalue weighted by Gasteiger charge is 2.30. The summed E-state index contributed by atoms with van der Waals surface area (Å²) in [6.45, 7) is 7.28. The van der Waals surface area contributed by atoms with Crippen LogP contribution in [0.15, 0.2) is 0 Å². The second-order valence-electron chi connectivity index (χ2n) is 27.5. The normalized spacial score (nSPS) is 14.0. The van der Waals surface area contributed by atoms with Crippen LogP contribution >= 0.6 is 15.6 Å². The number of carbonyl (C=O) groups is 4. The van der Waals surface area contributed by atoms with E-state index in [4.69, 9.17) is 37.0 Å². The van der Waals surface area contributed by atoms with Crippen molar-refractivity contribution in [2.45, 2.75) is 412 Å². The van der Waals surface area contributed by atoms with Gasteiger partial charge in [-0.25, -0.2) is 9.13 Å². The molecule has 0 aromatic heterocycles. The number of aliphatic hydroxyl groups is 1. The van der Waals surface area contributed by atoms with Crippen LogP contribution in [0.1, 0.15) is 394 Å². The predicted molar refractivity (Wildman–Crippen MR) is 382 cm³/mol. The molecular formula is C75H146O17P2. The number of hydrogen-bond acceptors (Lipinski definition) is 15. The van der Waals surface area contributed by atoms with Crippen LogP contribution in [0.25, 0.3) is 0 Å². The average molecular weight is 1380 g/mol. The first kappa shape index (κ1) is 92.1. The molecule has 3 N–H and O–H groups in total. The van der Waals surface area contributed by atoms with Crippen molar-refractivity contribution >= 4 is 39.5 Å². The van der Waals surface area contributed by atoms with Crippen LogP contribution in [0.2, 0.25) is 0 Å². The van der Waals surface area contributed by atoms with E-state index in [1.165, 1.54) is 205 Å². The molecule has 0 aliphatic heterocycles. The Kier molecular flexibility index (Phi) is 66.8. The van der Waals surface area contributed by atoms with E-state index in [1.54, 1.807) is 0 Å². The average Bonchev–Trinajstić information content (AvgIpc) is 1.58. The van der Waals surface area contributed by atoms with Crippen LogP contribution in [-0.2, 0) is 65.4 Å². The summed E-state index contributed by atoms with van der Waals surface area (Å²) in [7, 11) is -9.90. The number of rotatable bonds is 75. The van der Waals surface area contributed by atoms with E-state index in [2.05, 4.69) is 34.6 Å². The third kappa shape index (κ3) is 68.6. The zero-order valence-corrected chi connectivity index (χ0v) is 62.9. The van der Waals surface area contributed by atoms with E-state index >= 15 is 0 Å². The molecular weight excluding hydrogens is 1230 g/mol. The Morgan fingerprint density at radius 2 is 0.489 bits per heavy atom. The van der Waals surface area contributed by atoms with Crippen molar-refractivity contribution in [1.29, 1.82) is 0 Å². The summed E-state index contributed by atoms with van der Waals surface area (Å²) in [5.74, 6) is -1.32. The zero-order valence-electron chi connectivity index (χ0n) is 61.1. The van der Waals surface area contributed by atoms with Crippen molar-refractivity contribution < 1.29 is 80.2 Å². The van der Waals surface area contributed by atoms with Gasteiger partial charge in [-0.3, -0.25) is 37.3 Å². The molecule has 0 aromatic carbocycles. The van der Waals surface area contributed by atoms with Gasteiger partial charge in [0.25, 0.3) is 0 Å². The monoisotopic (exact) mass is 1380 g/mol. The molecule has 0 aliphatic carbocycles. The van der Waals surface area contributed by atoms with E-state index in [-0.39, 0.29) is 25.7 Å². The number of aliphatic hydroxyl groups excluding tert-OH is 1. The first-order chi connectivity index (χ1) is 45.5. The largest absolute Gasteiger partial charge is 0.472 e. The quantitative estimate of drug-likeness (QED) is 0.0222. The Bertz CT molecular complexity index is 1810. The van der Waals surface area contributed by atoms with E-state index in [9.17, 15) is 43.2 Å². The fourth-order valence-electron chi connectivity index (χ4n) is 11.5. The number of esters is 4. The number of phosphoric acid groups is 2. The Morgan fingerprint density at radius 1 is 0.287 bits per heavy atom. The number of hydrogen-bond donors (Lipinski definition) is 3. The minimum absolute atomic E-state index is 0.108. The molecule has 0 saturated carbocycles. The van der Waals surface area contributed by atoms with Crippen LogP contribution in [0.5, 0.6) is 0 Å². The third-order valence-electron chi connectivity index (χ3n) is 17.5. The summed E-state index contributed by atoms with van der Waals surface area (Å²) >= 11 is 0. The third-order valence-corrected chi connectivity index (χ3v) is 19.4. The molecule has 94 heavy (non-hydrogen) atoms. The summed E-state index contributed by atoms with van der Waals surface area (Å²) in [4.78, 5) is 72.7. The second-order valence-corrected chi connectivity index (χ2v) is 30.4. The molecule has 19 heteroatoms. The fourth-order valence-corrected chi connectivity index (χ4v) is 13.1. The van der Waals surface area contributed by atoms with Crippen LogP contribution < -0.4 is 0 Å². The van der Waals surface area contributed by atoms with Gasteiger partial charge in [-0.15, -0.1) is 0 Å². The lowest BCUT2D eigenvalue weighted by molar-refractivity contribution is -0.161. The van der Waals surface area contributed by atoms with Crippen molar-refractivity contribution in [3.8, 4) is 0 Å². The summed E-state index contributed by atoms with van der Waals surface area (Å²) in [6, 6.07) is 0. The first-order valence-corrected chi connectivity index (χ1v) is 42.1. The molecule has 0 spiro atoms. The van der Waals surface area contributed by atoms with E-state index in [0.717, 1.165) is 109 Å². The number of carbonyl (C=O) groups excluding carboxylic acids is 4. The van der Waals surface area contributed by atoms with Gasteiger partial charge in [0, 0.05) is 25.7 Å². The van der Waals surface area contributed by atoms with Gasteiger partial charge >= 0.3 is 39.5 Å². The molecule has 0 heterocycles. The second kappa shape index (κ2) is 68.2. The highest BCUT2D eigenvalue weighted by atomic mass is 31.2. The maximum Gasteiger partial charge on any atom is 0.472 e. The maximum absolute atomic E-state index is 13.1. The van der Waals surface area contributed by atoms with E-state index in [1.807, 2.05) is 0 Å². The Balaban J connectivity index is 5.20. The molecule has 0 aromatic rings. The van der Waals surface area contributed by atoms with Gasteiger partial charge in [0.2, 0.25) is 0 Å². The highest BCUT2D eigenvalue weighted by Crippen LogP contribution is 2.45. The molecule has 0 saturated heterocycles. The van der Waals surface area contributed by atoms with Crippen LogP contribution in [-0.4, -0.2) is 96.7 Å². The summed E-state index contributed by atoms with van der Waals surface area (Å²) in [5, 5.41) is 10.6. The van der Waals surface area contributed by atoms with Gasteiger partial charge in [-0.1, -0.05) is 343 Å². The highest BCUT2D eigenvalue weighted by molar-refractivity contribution is 7.47. The molecule has 5 atom stereocenters. The van der Waals surface area contributed by atoms with Gasteiger partial charge in [0.1, 0.15) is 19.3 Å². The molecule has 2 unspecified atom stereocenters. The zero-order chi connectivity index (χ0) is 69.1. The van der Waals surface area contributed by atoms with Crippen molar-refractivity contribution in [2.75, 3.05) is 39.6 Å². The van der Waals surface area contributed by atoms with Crippen molar-refractivity contribution in [1.82, 2.24) is 0 Å². The molecule has 0 radical (unpaired) electrons. The number of phosphoric ester groups is 2. The Labute approximate surface area is 575 Å². The minimum Gasteiger partial charge on any atom is -0.462 e. The lowest BCUT2D eigenvalue weighted by Gasteiger charge is -2.21. The SMILES string of the molecule is CCCCCCCCCCCCCCCCCCC(=O)OC[C@H](COP(=O)(O)OC[C@@H](O)COP(=O)(O)OC[C@@H](COC(=O)CCCCCCCCC)OC(=O)CCCCCCCCCCCCCCCC)OC(=O)CCCCCCCCCCCCCCCCC(C)C. The van der Waals surface area contributed by atoms with Gasteiger partial charge in [-0.05, 0) is 31.6 Å². The molecule has 558 valence electrons. The van der Waals surface area contributed by atoms with E-state index in [0.29, 0.717) is 25.7 Å². The van der Waals surface area contributed by atoms with Gasteiger partial charge in [0.15, 0.2) is 12.2 Å². The van der Waals surface area contributed by atoms with Crippen molar-refractivity contribution in [3.63, 3.8) is 0 Å². The smallest absolute Gasteiger partial charge is 0.462 e. The van der Waals surface area contributed by atoms with Gasteiger partial charge in [0.05, 0.1) is 26.4 Å². The maximum atomic E-state index is 13.1. The first-order valence-electron chi connectivity index (χ1n) is 39.1. The lowest BCUT2D eigenvalue weighted by atomic mass is 10.0. The Hall–Kier alpha value is -1.94. The fraction of sp³-hybridized carbons (Fsp3) is 0.947. The van der Waals surface area contributed by atoms with Crippen LogP contribution in [0.4, 0.5) is 0 Å². The van der Waals surface area contributed by atoms with E-state index < -0.39 is 97.5 Å². The van der Waals surface area contributed by atoms with Gasteiger partial charge in [-0.2, -0.15) is 0 Å². The summed E-state index contributed by atoms with van der Waals surface area (Å²) in [5.41, 5.74) is 0. The minimum atomic E-state index is -4.95. The molecule has 0 rings (SSSR count). The molecule has 0 bridgehead atoms. The molecule has 17 nitrogen and oxygen atoms in total. The lowest BCUT2D eigenvalue weighted by Crippen LogP contribution is -2.30. The Morgan fingerprint density at radius 3 is 0.723 bits per heavy atom. The van der Waals surface area contributed by atoms with Crippen LogP contribution in [0, 0.1) is 5.92 Å². The van der Waals surface area contributed by atoms with Crippen molar-refractivity contribution in [3.05, 3.63) is 0 Å². The summed E-state index contributed by atoms with van der Waals surface area (Å²) < 4.78 is 68.4. The predicted octanol–water partition coefficient (Wildman–Crippen LogP) is 22.1. The topological polar surface area (TPSA) is 237 Å². The summed E-state index contributed by atoms with van der Waals surface area (Å²) in [6.07, 6.45) is 56.9. The molecule has 0 amide bonds. The van der Waals surface area contributed by atoms with Crippen LogP contribution in [0.3, 0.4) is 0 Å². The number of unbranched alkanes of at least 4 members (excludes halogenated alkanes) is 47. The van der Waals surface area contributed by atoms with Gasteiger partial charge < -0.3 is 33.8 Å². The standard InChI is InChI=1S/C75H146O17P2/c1-6-9-12-15-18-20-22-24-26-27-32-35-39-44-49-54-59-73(78)86-65-71(92-75(80)61-56-51-46-41-37-33-29-28-30-34-38-43-47-52-57-68(4)5)67-90-94(83,84)88-63-69(76)62-87-93(81,82)89-66-70(64-85-72(77)58-53-48-42-17-14-11-8-3)91-74(79)60-55-50-45-40-36-31-25-23-21-19-16-13-10-7-2/h68-71,76H,6-67H2,1-5H3,(H,81,82)(H,83,84)/t69-,70+,71+/m0/s1. The molecule has 0 fully saturated rings. The number of ether oxygens (including phenoxy) is 4.